The largest absolute Gasteiger partial charge is 0.492 e. The predicted octanol–water partition coefficient (Wildman–Crippen LogP) is 3.77. The van der Waals surface area contributed by atoms with Gasteiger partial charge >= 0.3 is 0 Å². The van der Waals surface area contributed by atoms with Gasteiger partial charge in [-0.3, -0.25) is 9.59 Å². The minimum absolute atomic E-state index is 0.0199. The van der Waals surface area contributed by atoms with E-state index in [1.54, 1.807) is 17.0 Å². The Morgan fingerprint density at radius 1 is 1.24 bits per heavy atom. The Labute approximate surface area is 155 Å². The Kier molecular flexibility index (Phi) is 5.38. The third kappa shape index (κ3) is 4.02. The number of amides is 2. The van der Waals surface area contributed by atoms with Crippen LogP contribution in [-0.2, 0) is 16.0 Å². The second-order valence-corrected chi connectivity index (χ2v) is 6.65. The van der Waals surface area contributed by atoms with Crippen LogP contribution in [0.2, 0.25) is 0 Å². The molecule has 0 aromatic heterocycles. The third-order valence-electron chi connectivity index (χ3n) is 4.00. The average Bonchev–Trinajstić information content (AvgIpc) is 2.59. The van der Waals surface area contributed by atoms with Gasteiger partial charge in [0, 0.05) is 16.6 Å². The normalized spacial score (nSPS) is 13.4. The molecule has 0 spiro atoms. The molecule has 2 aromatic rings. The Balaban J connectivity index is 1.76. The van der Waals surface area contributed by atoms with Crippen molar-refractivity contribution in [1.82, 2.24) is 0 Å². The van der Waals surface area contributed by atoms with Crippen molar-refractivity contribution in [2.45, 2.75) is 19.8 Å². The van der Waals surface area contributed by atoms with Crippen molar-refractivity contribution in [3.63, 3.8) is 0 Å². The molecule has 0 bridgehead atoms. The summed E-state index contributed by atoms with van der Waals surface area (Å²) in [5.74, 6) is 0.326. The summed E-state index contributed by atoms with van der Waals surface area (Å²) < 4.78 is 6.49. The maximum atomic E-state index is 12.5. The van der Waals surface area contributed by atoms with Crippen LogP contribution in [-0.4, -0.2) is 25.0 Å². The second-order valence-electron chi connectivity index (χ2n) is 5.73. The number of hydrogen-bond donors (Lipinski definition) is 1. The Bertz CT molecular complexity index is 807. The van der Waals surface area contributed by atoms with Crippen LogP contribution in [0.4, 0.5) is 11.4 Å². The minimum atomic E-state index is -0.253. The first-order chi connectivity index (χ1) is 12.1. The summed E-state index contributed by atoms with van der Waals surface area (Å²) >= 11 is 3.45. The lowest BCUT2D eigenvalue weighted by molar-refractivity contribution is -0.121. The molecule has 0 fully saturated rings. The average molecular weight is 403 g/mol. The number of rotatable bonds is 5. The molecule has 3 rings (SSSR count). The number of anilines is 2. The number of benzene rings is 2. The van der Waals surface area contributed by atoms with Crippen LogP contribution in [0.3, 0.4) is 0 Å². The van der Waals surface area contributed by atoms with Crippen LogP contribution < -0.4 is 15.0 Å². The van der Waals surface area contributed by atoms with Gasteiger partial charge in [0.2, 0.25) is 11.8 Å². The standard InChI is InChI=1S/C19H19BrN2O3/c1-2-25-17-6-4-3-5-15(17)21-18(23)12-22-16-9-8-14(20)11-13(16)7-10-19(22)24/h3-6,8-9,11H,2,7,10,12H2,1H3,(H,21,23). The summed E-state index contributed by atoms with van der Waals surface area (Å²) in [4.78, 5) is 26.3. The predicted molar refractivity (Wildman–Crippen MR) is 101 cm³/mol. The Morgan fingerprint density at radius 3 is 2.84 bits per heavy atom. The smallest absolute Gasteiger partial charge is 0.244 e. The van der Waals surface area contributed by atoms with Crippen molar-refractivity contribution in [2.24, 2.45) is 0 Å². The fraction of sp³-hybridized carbons (Fsp3) is 0.263. The highest BCUT2D eigenvalue weighted by Gasteiger charge is 2.26. The zero-order chi connectivity index (χ0) is 17.8. The summed E-state index contributed by atoms with van der Waals surface area (Å²) in [5.41, 5.74) is 2.47. The molecule has 1 N–H and O–H groups in total. The Morgan fingerprint density at radius 2 is 2.04 bits per heavy atom. The molecule has 0 aliphatic carbocycles. The van der Waals surface area contributed by atoms with Gasteiger partial charge in [-0.15, -0.1) is 0 Å². The SMILES string of the molecule is CCOc1ccccc1NC(=O)CN1C(=O)CCc2cc(Br)ccc21. The summed E-state index contributed by atoms with van der Waals surface area (Å²) in [6, 6.07) is 13.0. The third-order valence-corrected chi connectivity index (χ3v) is 4.50. The number of nitrogens with one attached hydrogen (secondary N) is 1. The maximum Gasteiger partial charge on any atom is 0.244 e. The van der Waals surface area contributed by atoms with Crippen molar-refractivity contribution in [1.29, 1.82) is 0 Å². The zero-order valence-corrected chi connectivity index (χ0v) is 15.5. The van der Waals surface area contributed by atoms with Gasteiger partial charge in [-0.1, -0.05) is 28.1 Å². The molecule has 25 heavy (non-hydrogen) atoms. The number of carbonyl (C=O) groups excluding carboxylic acids is 2. The number of halogens is 1. The van der Waals surface area contributed by atoms with E-state index in [9.17, 15) is 9.59 Å². The molecule has 0 unspecified atom stereocenters. The van der Waals surface area contributed by atoms with E-state index in [4.69, 9.17) is 4.74 Å². The molecule has 1 aliphatic heterocycles. The molecule has 0 saturated heterocycles. The fourth-order valence-corrected chi connectivity index (χ4v) is 3.30. The number of ether oxygens (including phenoxy) is 1. The molecule has 0 atom stereocenters. The summed E-state index contributed by atoms with van der Waals surface area (Å²) in [7, 11) is 0. The van der Waals surface area contributed by atoms with E-state index in [2.05, 4.69) is 21.2 Å². The van der Waals surface area contributed by atoms with E-state index >= 15 is 0 Å². The van der Waals surface area contributed by atoms with E-state index in [-0.39, 0.29) is 18.4 Å². The van der Waals surface area contributed by atoms with Crippen LogP contribution in [0.5, 0.6) is 5.75 Å². The molecule has 1 aliphatic rings. The maximum absolute atomic E-state index is 12.5. The van der Waals surface area contributed by atoms with E-state index in [1.165, 1.54) is 0 Å². The van der Waals surface area contributed by atoms with Crippen molar-refractivity contribution < 1.29 is 14.3 Å². The van der Waals surface area contributed by atoms with Crippen LogP contribution in [0.15, 0.2) is 46.9 Å². The summed E-state index contributed by atoms with van der Waals surface area (Å²) in [6.07, 6.45) is 1.10. The monoisotopic (exact) mass is 402 g/mol. The van der Waals surface area contributed by atoms with E-state index in [0.717, 1.165) is 15.7 Å². The fourth-order valence-electron chi connectivity index (χ4n) is 2.89. The van der Waals surface area contributed by atoms with Crippen LogP contribution in [0, 0.1) is 0 Å². The number of hydrogen-bond acceptors (Lipinski definition) is 3. The molecule has 5 nitrogen and oxygen atoms in total. The molecule has 0 radical (unpaired) electrons. The summed E-state index contributed by atoms with van der Waals surface area (Å²) in [5, 5.41) is 2.84. The van der Waals surface area contributed by atoms with Crippen LogP contribution >= 0.6 is 15.9 Å². The molecule has 2 aromatic carbocycles. The number of para-hydroxylation sites is 2. The first-order valence-corrected chi connectivity index (χ1v) is 8.98. The quantitative estimate of drug-likeness (QED) is 0.827. The van der Waals surface area contributed by atoms with Gasteiger partial charge in [-0.05, 0) is 49.2 Å². The Hall–Kier alpha value is -2.34. The van der Waals surface area contributed by atoms with Gasteiger partial charge in [0.1, 0.15) is 12.3 Å². The number of carbonyl (C=O) groups is 2. The van der Waals surface area contributed by atoms with Gasteiger partial charge in [0.05, 0.1) is 12.3 Å². The van der Waals surface area contributed by atoms with Gasteiger partial charge in [0.15, 0.2) is 0 Å². The van der Waals surface area contributed by atoms with Gasteiger partial charge in [-0.25, -0.2) is 0 Å². The van der Waals surface area contributed by atoms with Crippen molar-refractivity contribution >= 4 is 39.1 Å². The van der Waals surface area contributed by atoms with Crippen molar-refractivity contribution in [3.8, 4) is 5.75 Å². The van der Waals surface area contributed by atoms with E-state index in [1.807, 2.05) is 37.3 Å². The summed E-state index contributed by atoms with van der Waals surface area (Å²) in [6.45, 7) is 2.38. The number of fused-ring (bicyclic) bond motifs is 1. The highest BCUT2D eigenvalue weighted by atomic mass is 79.9. The highest BCUT2D eigenvalue weighted by Crippen LogP contribution is 2.30. The van der Waals surface area contributed by atoms with Gasteiger partial charge < -0.3 is 15.0 Å². The topological polar surface area (TPSA) is 58.6 Å². The molecule has 2 amide bonds. The van der Waals surface area contributed by atoms with Gasteiger partial charge in [-0.2, -0.15) is 0 Å². The molecular formula is C19H19BrN2O3. The van der Waals surface area contributed by atoms with Crippen LogP contribution in [0.1, 0.15) is 18.9 Å². The number of aryl methyl sites for hydroxylation is 1. The molecule has 1 heterocycles. The van der Waals surface area contributed by atoms with Crippen LogP contribution in [0.25, 0.3) is 0 Å². The van der Waals surface area contributed by atoms with E-state index < -0.39 is 0 Å². The van der Waals surface area contributed by atoms with Crippen molar-refractivity contribution in [3.05, 3.63) is 52.5 Å². The lowest BCUT2D eigenvalue weighted by atomic mass is 10.0. The second kappa shape index (κ2) is 7.70. The lowest BCUT2D eigenvalue weighted by Gasteiger charge is -2.29. The first-order valence-electron chi connectivity index (χ1n) is 8.19. The van der Waals surface area contributed by atoms with Gasteiger partial charge in [0.25, 0.3) is 0 Å². The molecular weight excluding hydrogens is 384 g/mol. The van der Waals surface area contributed by atoms with Crippen molar-refractivity contribution in [2.75, 3.05) is 23.4 Å². The molecule has 130 valence electrons. The van der Waals surface area contributed by atoms with E-state index in [0.29, 0.717) is 30.9 Å². The molecule has 6 heteroatoms. The lowest BCUT2D eigenvalue weighted by Crippen LogP contribution is -2.40. The zero-order valence-electron chi connectivity index (χ0n) is 13.9. The number of nitrogens with zero attached hydrogens (tertiary/aromatic N) is 1. The minimum Gasteiger partial charge on any atom is -0.492 e. The molecule has 0 saturated carbocycles. The first kappa shape index (κ1) is 17.5. The highest BCUT2D eigenvalue weighted by molar-refractivity contribution is 9.10.